The number of hydrogen-bond donors (Lipinski definition) is 0. The maximum atomic E-state index is 11.3. The molecule has 0 saturated heterocycles. The van der Waals surface area contributed by atoms with Crippen molar-refractivity contribution in [3.05, 3.63) is 47.5 Å². The van der Waals surface area contributed by atoms with Gasteiger partial charge in [0.15, 0.2) is 0 Å². The van der Waals surface area contributed by atoms with E-state index in [0.717, 1.165) is 11.1 Å². The van der Waals surface area contributed by atoms with Gasteiger partial charge < -0.3 is 4.74 Å². The molecule has 0 N–H and O–H groups in total. The lowest BCUT2D eigenvalue weighted by molar-refractivity contribution is -0.139. The van der Waals surface area contributed by atoms with Gasteiger partial charge in [-0.15, -0.1) is 0 Å². The minimum Gasteiger partial charge on any atom is -0.455 e. The summed E-state index contributed by atoms with van der Waals surface area (Å²) in [5, 5.41) is 0. The molecule has 14 heavy (non-hydrogen) atoms. The minimum absolute atomic E-state index is 0.0683. The third kappa shape index (κ3) is 1.84. The molecule has 1 aliphatic heterocycles. The molecule has 0 saturated carbocycles. The predicted molar refractivity (Wildman–Crippen MR) is 53.8 cm³/mol. The molecule has 0 aromatic heterocycles. The Kier molecular flexibility index (Phi) is 2.35. The highest BCUT2D eigenvalue weighted by atomic mass is 16.5. The van der Waals surface area contributed by atoms with Crippen LogP contribution in [0.3, 0.4) is 0 Å². The molecule has 0 spiro atoms. The summed E-state index contributed by atoms with van der Waals surface area (Å²) in [6.07, 6.45) is 2.49. The van der Waals surface area contributed by atoms with Gasteiger partial charge >= 0.3 is 5.97 Å². The molecular weight excluding hydrogens is 176 g/mol. The minimum atomic E-state index is -0.179. The number of carbonyl (C=O) groups excluding carboxylic acids is 1. The van der Waals surface area contributed by atoms with Crippen molar-refractivity contribution in [3.8, 4) is 0 Å². The van der Waals surface area contributed by atoms with E-state index in [9.17, 15) is 4.79 Å². The molecule has 1 heterocycles. The third-order valence-corrected chi connectivity index (χ3v) is 2.23. The number of cyclic esters (lactones) is 1. The standard InChI is InChI=1S/C12H12O2/c1-9-7-11(12(13)14-9)8-10-5-3-2-4-6-10/h2-7,9H,8H2,1H3. The van der Waals surface area contributed by atoms with Crippen molar-refractivity contribution in [2.45, 2.75) is 19.4 Å². The second-order valence-corrected chi connectivity index (χ2v) is 3.46. The molecule has 0 aliphatic carbocycles. The second kappa shape index (κ2) is 3.66. The number of rotatable bonds is 2. The quantitative estimate of drug-likeness (QED) is 0.664. The van der Waals surface area contributed by atoms with Crippen molar-refractivity contribution in [1.29, 1.82) is 0 Å². The fourth-order valence-corrected chi connectivity index (χ4v) is 1.58. The first-order valence-electron chi connectivity index (χ1n) is 4.71. The Morgan fingerprint density at radius 3 is 2.57 bits per heavy atom. The molecule has 0 radical (unpaired) electrons. The van der Waals surface area contributed by atoms with Crippen LogP contribution >= 0.6 is 0 Å². The molecule has 72 valence electrons. The lowest BCUT2D eigenvalue weighted by Gasteiger charge is -2.00. The molecule has 2 rings (SSSR count). The Balaban J connectivity index is 2.12. The molecule has 2 heteroatoms. The largest absolute Gasteiger partial charge is 0.455 e. The van der Waals surface area contributed by atoms with Crippen molar-refractivity contribution >= 4 is 5.97 Å². The number of benzene rings is 1. The van der Waals surface area contributed by atoms with Crippen molar-refractivity contribution in [1.82, 2.24) is 0 Å². The van der Waals surface area contributed by atoms with Crippen LogP contribution in [0, 0.1) is 0 Å². The van der Waals surface area contributed by atoms with E-state index in [4.69, 9.17) is 4.74 Å². The van der Waals surface area contributed by atoms with E-state index in [1.807, 2.05) is 43.3 Å². The summed E-state index contributed by atoms with van der Waals surface area (Å²) in [7, 11) is 0. The van der Waals surface area contributed by atoms with Crippen LogP contribution in [0.15, 0.2) is 42.0 Å². The second-order valence-electron chi connectivity index (χ2n) is 3.46. The first-order valence-corrected chi connectivity index (χ1v) is 4.71. The van der Waals surface area contributed by atoms with Gasteiger partial charge in [-0.05, 0) is 18.6 Å². The predicted octanol–water partition coefficient (Wildman–Crippen LogP) is 2.10. The lowest BCUT2D eigenvalue weighted by Crippen LogP contribution is -2.05. The smallest absolute Gasteiger partial charge is 0.334 e. The summed E-state index contributed by atoms with van der Waals surface area (Å²) in [5.41, 5.74) is 1.91. The normalized spacial score (nSPS) is 20.5. The van der Waals surface area contributed by atoms with Crippen LogP contribution in [-0.2, 0) is 16.0 Å². The molecule has 0 bridgehead atoms. The van der Waals surface area contributed by atoms with E-state index in [-0.39, 0.29) is 12.1 Å². The van der Waals surface area contributed by atoms with E-state index in [0.29, 0.717) is 6.42 Å². The number of esters is 1. The van der Waals surface area contributed by atoms with Crippen molar-refractivity contribution in [2.24, 2.45) is 0 Å². The topological polar surface area (TPSA) is 26.3 Å². The van der Waals surface area contributed by atoms with Gasteiger partial charge in [0.25, 0.3) is 0 Å². The Labute approximate surface area is 83.2 Å². The Morgan fingerprint density at radius 1 is 1.29 bits per heavy atom. The van der Waals surface area contributed by atoms with Gasteiger partial charge in [-0.3, -0.25) is 0 Å². The van der Waals surface area contributed by atoms with Gasteiger partial charge in [0, 0.05) is 12.0 Å². The summed E-state index contributed by atoms with van der Waals surface area (Å²) >= 11 is 0. The van der Waals surface area contributed by atoms with Crippen LogP contribution in [0.1, 0.15) is 12.5 Å². The van der Waals surface area contributed by atoms with E-state index in [1.54, 1.807) is 0 Å². The Morgan fingerprint density at radius 2 is 2.00 bits per heavy atom. The molecule has 0 amide bonds. The number of carbonyl (C=O) groups is 1. The summed E-state index contributed by atoms with van der Waals surface area (Å²) in [5.74, 6) is -0.179. The fraction of sp³-hybridized carbons (Fsp3) is 0.250. The monoisotopic (exact) mass is 188 g/mol. The van der Waals surface area contributed by atoms with Crippen molar-refractivity contribution in [3.63, 3.8) is 0 Å². The van der Waals surface area contributed by atoms with Gasteiger partial charge in [0.05, 0.1) is 0 Å². The molecule has 1 atom stereocenters. The van der Waals surface area contributed by atoms with Gasteiger partial charge in [-0.25, -0.2) is 4.79 Å². The molecule has 1 aromatic carbocycles. The van der Waals surface area contributed by atoms with Gasteiger partial charge in [-0.2, -0.15) is 0 Å². The molecule has 2 nitrogen and oxygen atoms in total. The van der Waals surface area contributed by atoms with Crippen molar-refractivity contribution < 1.29 is 9.53 Å². The highest BCUT2D eigenvalue weighted by molar-refractivity contribution is 5.91. The Hall–Kier alpha value is -1.57. The van der Waals surface area contributed by atoms with Crippen LogP contribution < -0.4 is 0 Å². The fourth-order valence-electron chi connectivity index (χ4n) is 1.58. The summed E-state index contributed by atoms with van der Waals surface area (Å²) in [6, 6.07) is 9.93. The summed E-state index contributed by atoms with van der Waals surface area (Å²) in [4.78, 5) is 11.3. The zero-order valence-electron chi connectivity index (χ0n) is 8.07. The van der Waals surface area contributed by atoms with Crippen LogP contribution in [-0.4, -0.2) is 12.1 Å². The molecule has 1 unspecified atom stereocenters. The average molecular weight is 188 g/mol. The molecule has 1 aliphatic rings. The first-order chi connectivity index (χ1) is 6.75. The van der Waals surface area contributed by atoms with Crippen LogP contribution in [0.4, 0.5) is 0 Å². The van der Waals surface area contributed by atoms with E-state index in [2.05, 4.69) is 0 Å². The highest BCUT2D eigenvalue weighted by Crippen LogP contribution is 2.17. The highest BCUT2D eigenvalue weighted by Gasteiger charge is 2.21. The van der Waals surface area contributed by atoms with Crippen LogP contribution in [0.25, 0.3) is 0 Å². The van der Waals surface area contributed by atoms with Gasteiger partial charge in [0.2, 0.25) is 0 Å². The zero-order valence-corrected chi connectivity index (χ0v) is 8.07. The maximum Gasteiger partial charge on any atom is 0.334 e. The molecule has 0 fully saturated rings. The van der Waals surface area contributed by atoms with Crippen LogP contribution in [0.2, 0.25) is 0 Å². The molecule has 1 aromatic rings. The summed E-state index contributed by atoms with van der Waals surface area (Å²) in [6.45, 7) is 1.87. The van der Waals surface area contributed by atoms with E-state index in [1.165, 1.54) is 0 Å². The van der Waals surface area contributed by atoms with E-state index < -0.39 is 0 Å². The number of ether oxygens (including phenoxy) is 1. The lowest BCUT2D eigenvalue weighted by atomic mass is 10.1. The van der Waals surface area contributed by atoms with Crippen molar-refractivity contribution in [2.75, 3.05) is 0 Å². The SMILES string of the molecule is CC1C=C(Cc2ccccc2)C(=O)O1. The van der Waals surface area contributed by atoms with E-state index >= 15 is 0 Å². The molecular formula is C12H12O2. The Bertz CT molecular complexity index is 365. The van der Waals surface area contributed by atoms with Crippen LogP contribution in [0.5, 0.6) is 0 Å². The van der Waals surface area contributed by atoms with Gasteiger partial charge in [0.1, 0.15) is 6.10 Å². The van der Waals surface area contributed by atoms with Gasteiger partial charge in [-0.1, -0.05) is 30.3 Å². The first kappa shape index (κ1) is 9.00. The zero-order chi connectivity index (χ0) is 9.97. The third-order valence-electron chi connectivity index (χ3n) is 2.23. The average Bonchev–Trinajstić information content (AvgIpc) is 2.47. The number of hydrogen-bond acceptors (Lipinski definition) is 2. The summed E-state index contributed by atoms with van der Waals surface area (Å²) < 4.78 is 5.01. The maximum absolute atomic E-state index is 11.3.